The molecule has 22 heavy (non-hydrogen) atoms. The molecule has 0 bridgehead atoms. The van der Waals surface area contributed by atoms with Crippen LogP contribution in [0.2, 0.25) is 0 Å². The Balaban J connectivity index is 1.87. The van der Waals surface area contributed by atoms with Crippen molar-refractivity contribution < 1.29 is 18.3 Å². The van der Waals surface area contributed by atoms with Gasteiger partial charge in [0.15, 0.2) is 0 Å². The van der Waals surface area contributed by atoms with Crippen molar-refractivity contribution in [1.29, 1.82) is 0 Å². The van der Waals surface area contributed by atoms with E-state index in [4.69, 9.17) is 0 Å². The minimum absolute atomic E-state index is 0.0418. The Morgan fingerprint density at radius 3 is 3.05 bits per heavy atom. The fourth-order valence-electron chi connectivity index (χ4n) is 2.30. The Kier molecular flexibility index (Phi) is 6.45. The summed E-state index contributed by atoms with van der Waals surface area (Å²) in [4.78, 5) is 13.8. The zero-order valence-electron chi connectivity index (χ0n) is 12.4. The molecule has 0 unspecified atom stereocenters. The van der Waals surface area contributed by atoms with Gasteiger partial charge in [-0.05, 0) is 17.7 Å². The highest BCUT2D eigenvalue weighted by Gasteiger charge is 2.19. The molecule has 1 heterocycles. The van der Waals surface area contributed by atoms with Gasteiger partial charge in [-0.3, -0.25) is 4.79 Å². The fourth-order valence-corrected chi connectivity index (χ4v) is 3.25. The van der Waals surface area contributed by atoms with E-state index in [0.717, 1.165) is 23.6 Å². The number of halogens is 2. The van der Waals surface area contributed by atoms with Gasteiger partial charge in [0, 0.05) is 44.1 Å². The number of carbonyl (C=O) groups excluding carboxylic acids is 1. The Hall–Kier alpha value is -1.34. The predicted octanol–water partition coefficient (Wildman–Crippen LogP) is 2.34. The van der Waals surface area contributed by atoms with Crippen LogP contribution >= 0.6 is 11.8 Å². The number of amides is 1. The maximum Gasteiger partial charge on any atom is 0.387 e. The third-order valence-electron chi connectivity index (χ3n) is 3.39. The van der Waals surface area contributed by atoms with E-state index in [9.17, 15) is 13.6 Å². The number of thioether (sulfide) groups is 1. The molecular formula is C15H20F2N2O2S. The highest BCUT2D eigenvalue weighted by atomic mass is 32.2. The minimum Gasteiger partial charge on any atom is -0.435 e. The number of nitrogens with zero attached hydrogens (tertiary/aromatic N) is 1. The third-order valence-corrected chi connectivity index (χ3v) is 4.52. The van der Waals surface area contributed by atoms with Gasteiger partial charge >= 0.3 is 6.61 Å². The van der Waals surface area contributed by atoms with Crippen molar-refractivity contribution in [1.82, 2.24) is 10.2 Å². The van der Waals surface area contributed by atoms with Crippen LogP contribution in [0.4, 0.5) is 8.78 Å². The average Bonchev–Trinajstić information content (AvgIpc) is 2.48. The van der Waals surface area contributed by atoms with Crippen LogP contribution < -0.4 is 10.1 Å². The summed E-state index contributed by atoms with van der Waals surface area (Å²) in [6, 6.07) is 6.65. The topological polar surface area (TPSA) is 41.6 Å². The molecule has 1 N–H and O–H groups in total. The van der Waals surface area contributed by atoms with Gasteiger partial charge in [0.2, 0.25) is 5.91 Å². The maximum atomic E-state index is 12.2. The van der Waals surface area contributed by atoms with Crippen LogP contribution in [0.3, 0.4) is 0 Å². The molecule has 4 nitrogen and oxygen atoms in total. The summed E-state index contributed by atoms with van der Waals surface area (Å²) in [7, 11) is 1.72. The molecule has 2 rings (SSSR count). The monoisotopic (exact) mass is 330 g/mol. The van der Waals surface area contributed by atoms with E-state index in [1.807, 2.05) is 11.8 Å². The van der Waals surface area contributed by atoms with E-state index in [1.165, 1.54) is 12.1 Å². The molecule has 122 valence electrons. The van der Waals surface area contributed by atoms with Crippen molar-refractivity contribution in [2.24, 2.45) is 0 Å². The number of rotatable bonds is 6. The summed E-state index contributed by atoms with van der Waals surface area (Å²) in [6.07, 6.45) is 0.455. The van der Waals surface area contributed by atoms with Crippen LogP contribution in [-0.2, 0) is 11.3 Å². The molecule has 1 amide bonds. The van der Waals surface area contributed by atoms with Crippen LogP contribution in [0.5, 0.6) is 5.75 Å². The SMILES string of the molecule is CN(Cc1cccc(OC(F)F)c1)C(=O)C[C@@H]1CSCCN1. The molecule has 1 aromatic rings. The lowest BCUT2D eigenvalue weighted by Gasteiger charge is -2.25. The second-order valence-electron chi connectivity index (χ2n) is 5.21. The Morgan fingerprint density at radius 1 is 1.55 bits per heavy atom. The first-order valence-corrected chi connectivity index (χ1v) is 8.29. The van der Waals surface area contributed by atoms with Crippen LogP contribution in [0, 0.1) is 0 Å². The smallest absolute Gasteiger partial charge is 0.387 e. The fraction of sp³-hybridized carbons (Fsp3) is 0.533. The van der Waals surface area contributed by atoms with E-state index >= 15 is 0 Å². The molecule has 1 aliphatic heterocycles. The predicted molar refractivity (Wildman–Crippen MR) is 83.3 cm³/mol. The zero-order chi connectivity index (χ0) is 15.9. The highest BCUT2D eigenvalue weighted by Crippen LogP contribution is 2.17. The van der Waals surface area contributed by atoms with E-state index in [-0.39, 0.29) is 17.7 Å². The van der Waals surface area contributed by atoms with Gasteiger partial charge in [-0.1, -0.05) is 12.1 Å². The lowest BCUT2D eigenvalue weighted by molar-refractivity contribution is -0.130. The van der Waals surface area contributed by atoms with Gasteiger partial charge in [0.25, 0.3) is 0 Å². The third kappa shape index (κ3) is 5.46. The molecule has 1 saturated heterocycles. The minimum atomic E-state index is -2.84. The number of carbonyl (C=O) groups is 1. The normalized spacial score (nSPS) is 18.3. The Morgan fingerprint density at radius 2 is 2.36 bits per heavy atom. The second kappa shape index (κ2) is 8.33. The lowest BCUT2D eigenvalue weighted by atomic mass is 10.1. The van der Waals surface area contributed by atoms with Gasteiger partial charge < -0.3 is 15.0 Å². The van der Waals surface area contributed by atoms with Gasteiger partial charge in [-0.25, -0.2) is 0 Å². The molecule has 0 aromatic heterocycles. The standard InChI is InChI=1S/C15H20F2N2O2S/c1-19(14(20)8-12-10-22-6-5-18-12)9-11-3-2-4-13(7-11)21-15(16)17/h2-4,7,12,15,18H,5-6,8-10H2,1H3/t12-/m1/s1. The molecule has 1 aliphatic rings. The average molecular weight is 330 g/mol. The number of hydrogen-bond donors (Lipinski definition) is 1. The van der Waals surface area contributed by atoms with Gasteiger partial charge in [-0.2, -0.15) is 20.5 Å². The highest BCUT2D eigenvalue weighted by molar-refractivity contribution is 7.99. The van der Waals surface area contributed by atoms with Crippen LogP contribution in [-0.4, -0.2) is 48.6 Å². The molecular weight excluding hydrogens is 310 g/mol. The molecule has 0 radical (unpaired) electrons. The number of nitrogens with one attached hydrogen (secondary N) is 1. The number of hydrogen-bond acceptors (Lipinski definition) is 4. The van der Waals surface area contributed by atoms with Crippen molar-refractivity contribution >= 4 is 17.7 Å². The molecule has 1 aromatic carbocycles. The number of benzene rings is 1. The van der Waals surface area contributed by atoms with E-state index in [0.29, 0.717) is 13.0 Å². The first kappa shape index (κ1) is 17.0. The van der Waals surface area contributed by atoms with Crippen molar-refractivity contribution in [3.8, 4) is 5.75 Å². The van der Waals surface area contributed by atoms with Crippen molar-refractivity contribution in [2.75, 3.05) is 25.1 Å². The summed E-state index contributed by atoms with van der Waals surface area (Å²) >= 11 is 1.85. The summed E-state index contributed by atoms with van der Waals surface area (Å²) in [5, 5.41) is 3.33. The van der Waals surface area contributed by atoms with Crippen LogP contribution in [0.15, 0.2) is 24.3 Å². The lowest BCUT2D eigenvalue weighted by Crippen LogP contribution is -2.41. The summed E-state index contributed by atoms with van der Waals surface area (Å²) in [6.45, 7) is -1.54. The van der Waals surface area contributed by atoms with Gasteiger partial charge in [-0.15, -0.1) is 0 Å². The van der Waals surface area contributed by atoms with E-state index in [1.54, 1.807) is 24.1 Å². The second-order valence-corrected chi connectivity index (χ2v) is 6.36. The maximum absolute atomic E-state index is 12.2. The van der Waals surface area contributed by atoms with Crippen LogP contribution in [0.25, 0.3) is 0 Å². The summed E-state index contributed by atoms with van der Waals surface area (Å²) < 4.78 is 28.8. The van der Waals surface area contributed by atoms with Crippen LogP contribution in [0.1, 0.15) is 12.0 Å². The molecule has 1 atom stereocenters. The zero-order valence-corrected chi connectivity index (χ0v) is 13.2. The Labute approximate surface area is 133 Å². The van der Waals surface area contributed by atoms with E-state index < -0.39 is 6.61 Å². The Bertz CT molecular complexity index is 496. The van der Waals surface area contributed by atoms with Gasteiger partial charge in [0.05, 0.1) is 0 Å². The molecule has 0 spiro atoms. The first-order valence-electron chi connectivity index (χ1n) is 7.13. The van der Waals surface area contributed by atoms with E-state index in [2.05, 4.69) is 10.1 Å². The molecule has 1 fully saturated rings. The first-order chi connectivity index (χ1) is 10.5. The molecule has 0 aliphatic carbocycles. The molecule has 0 saturated carbocycles. The van der Waals surface area contributed by atoms with Crippen molar-refractivity contribution in [3.63, 3.8) is 0 Å². The summed E-state index contributed by atoms with van der Waals surface area (Å²) in [5.74, 6) is 2.17. The largest absolute Gasteiger partial charge is 0.435 e. The van der Waals surface area contributed by atoms with Crippen molar-refractivity contribution in [2.45, 2.75) is 25.6 Å². The van der Waals surface area contributed by atoms with Crippen molar-refractivity contribution in [3.05, 3.63) is 29.8 Å². The molecule has 7 heteroatoms. The van der Waals surface area contributed by atoms with Gasteiger partial charge in [0.1, 0.15) is 5.75 Å². The quantitative estimate of drug-likeness (QED) is 0.869. The number of ether oxygens (including phenoxy) is 1. The summed E-state index contributed by atoms with van der Waals surface area (Å²) in [5.41, 5.74) is 0.764. The number of alkyl halides is 2.